The first-order valence-electron chi connectivity index (χ1n) is 9.53. The fourth-order valence-electron chi connectivity index (χ4n) is 2.75. The summed E-state index contributed by atoms with van der Waals surface area (Å²) in [5.41, 5.74) is 1.16. The first-order chi connectivity index (χ1) is 12.7. The Morgan fingerprint density at radius 1 is 1.33 bits per heavy atom. The molecule has 154 valence electrons. The van der Waals surface area contributed by atoms with Crippen molar-refractivity contribution in [2.75, 3.05) is 40.0 Å². The van der Waals surface area contributed by atoms with E-state index in [0.29, 0.717) is 12.5 Å². The van der Waals surface area contributed by atoms with Crippen LogP contribution in [0, 0.1) is 5.92 Å². The van der Waals surface area contributed by atoms with Crippen molar-refractivity contribution in [2.24, 2.45) is 10.9 Å². The summed E-state index contributed by atoms with van der Waals surface area (Å²) in [6.45, 7) is 8.88. The summed E-state index contributed by atoms with van der Waals surface area (Å²) in [5.74, 6) is 2.27. The van der Waals surface area contributed by atoms with E-state index in [4.69, 9.17) is 14.2 Å². The van der Waals surface area contributed by atoms with Crippen LogP contribution >= 0.6 is 24.0 Å². The standard InChI is InChI=1S/C20H33N3O3.HI/c1-16(2)26-19-7-4-6-17(12-19)13-23-20(21-3)22-9-5-10-24-14-18-8-11-25-15-18;/h4,6-7,12,16,18H,5,8-11,13-15H2,1-3H3,(H2,21,22,23);1H. The number of hydrogen-bond donors (Lipinski definition) is 2. The minimum absolute atomic E-state index is 0. The van der Waals surface area contributed by atoms with Gasteiger partial charge in [0.05, 0.1) is 19.3 Å². The van der Waals surface area contributed by atoms with Crippen LogP contribution in [0.1, 0.15) is 32.3 Å². The Morgan fingerprint density at radius 3 is 2.89 bits per heavy atom. The monoisotopic (exact) mass is 491 g/mol. The summed E-state index contributed by atoms with van der Waals surface area (Å²) in [4.78, 5) is 4.26. The summed E-state index contributed by atoms with van der Waals surface area (Å²) >= 11 is 0. The van der Waals surface area contributed by atoms with Gasteiger partial charge in [0.2, 0.25) is 0 Å². The molecule has 6 nitrogen and oxygen atoms in total. The van der Waals surface area contributed by atoms with Crippen LogP contribution in [0.5, 0.6) is 5.75 Å². The van der Waals surface area contributed by atoms with Crippen LogP contribution in [0.2, 0.25) is 0 Å². The number of hydrogen-bond acceptors (Lipinski definition) is 4. The zero-order valence-electron chi connectivity index (χ0n) is 16.7. The fraction of sp³-hybridized carbons (Fsp3) is 0.650. The Labute approximate surface area is 180 Å². The van der Waals surface area contributed by atoms with E-state index in [2.05, 4.69) is 27.8 Å². The second kappa shape index (κ2) is 14.0. The third kappa shape index (κ3) is 10.2. The first-order valence-corrected chi connectivity index (χ1v) is 9.53. The Hall–Kier alpha value is -1.06. The molecule has 1 aromatic carbocycles. The molecule has 7 heteroatoms. The smallest absolute Gasteiger partial charge is 0.191 e. The molecule has 0 saturated carbocycles. The third-order valence-electron chi connectivity index (χ3n) is 4.09. The van der Waals surface area contributed by atoms with E-state index in [-0.39, 0.29) is 30.1 Å². The van der Waals surface area contributed by atoms with E-state index >= 15 is 0 Å². The van der Waals surface area contributed by atoms with Gasteiger partial charge in [-0.1, -0.05) is 12.1 Å². The normalized spacial score (nSPS) is 16.9. The molecule has 2 rings (SSSR count). The van der Waals surface area contributed by atoms with Gasteiger partial charge in [0.1, 0.15) is 5.75 Å². The van der Waals surface area contributed by atoms with Crippen molar-refractivity contribution >= 4 is 29.9 Å². The van der Waals surface area contributed by atoms with E-state index in [0.717, 1.165) is 63.1 Å². The molecule has 1 aliphatic rings. The molecule has 0 bridgehead atoms. The Morgan fingerprint density at radius 2 is 2.19 bits per heavy atom. The molecule has 1 atom stereocenters. The zero-order valence-corrected chi connectivity index (χ0v) is 19.0. The van der Waals surface area contributed by atoms with Crippen LogP contribution in [0.15, 0.2) is 29.3 Å². The molecule has 0 aliphatic carbocycles. The highest BCUT2D eigenvalue weighted by Crippen LogP contribution is 2.14. The van der Waals surface area contributed by atoms with E-state index in [1.807, 2.05) is 26.0 Å². The lowest BCUT2D eigenvalue weighted by molar-refractivity contribution is 0.0888. The van der Waals surface area contributed by atoms with Gasteiger partial charge in [0, 0.05) is 39.3 Å². The van der Waals surface area contributed by atoms with E-state index in [1.54, 1.807) is 7.05 Å². The third-order valence-corrected chi connectivity index (χ3v) is 4.09. The SMILES string of the molecule is CN=C(NCCCOCC1CCOC1)NCc1cccc(OC(C)C)c1.I. The molecule has 1 aliphatic heterocycles. The molecule has 1 aromatic rings. The molecule has 0 amide bonds. The molecule has 0 radical (unpaired) electrons. The Bertz CT molecular complexity index is 549. The number of rotatable bonds is 10. The van der Waals surface area contributed by atoms with Gasteiger partial charge in [-0.3, -0.25) is 4.99 Å². The summed E-state index contributed by atoms with van der Waals surface area (Å²) in [7, 11) is 1.78. The number of nitrogens with one attached hydrogen (secondary N) is 2. The minimum Gasteiger partial charge on any atom is -0.491 e. The van der Waals surface area contributed by atoms with E-state index in [1.165, 1.54) is 0 Å². The number of ether oxygens (including phenoxy) is 3. The summed E-state index contributed by atoms with van der Waals surface area (Å²) in [6, 6.07) is 8.13. The molecular weight excluding hydrogens is 457 g/mol. The maximum Gasteiger partial charge on any atom is 0.191 e. The fourth-order valence-corrected chi connectivity index (χ4v) is 2.75. The van der Waals surface area contributed by atoms with Gasteiger partial charge in [-0.25, -0.2) is 0 Å². The quantitative estimate of drug-likeness (QED) is 0.228. The zero-order chi connectivity index (χ0) is 18.6. The molecule has 1 saturated heterocycles. The lowest BCUT2D eigenvalue weighted by atomic mass is 10.1. The highest BCUT2D eigenvalue weighted by atomic mass is 127. The number of aliphatic imine (C=N–C) groups is 1. The van der Waals surface area contributed by atoms with Gasteiger partial charge in [0.15, 0.2) is 5.96 Å². The predicted molar refractivity (Wildman–Crippen MR) is 120 cm³/mol. The van der Waals surface area contributed by atoms with Gasteiger partial charge in [-0.2, -0.15) is 0 Å². The molecular formula is C20H34IN3O3. The second-order valence-electron chi connectivity index (χ2n) is 6.82. The molecule has 0 aromatic heterocycles. The maximum atomic E-state index is 5.73. The lowest BCUT2D eigenvalue weighted by Crippen LogP contribution is -2.37. The van der Waals surface area contributed by atoms with Crippen molar-refractivity contribution in [3.63, 3.8) is 0 Å². The van der Waals surface area contributed by atoms with Crippen molar-refractivity contribution in [1.29, 1.82) is 0 Å². The highest BCUT2D eigenvalue weighted by molar-refractivity contribution is 14.0. The molecule has 1 fully saturated rings. The van der Waals surface area contributed by atoms with Crippen molar-refractivity contribution in [2.45, 2.75) is 39.3 Å². The van der Waals surface area contributed by atoms with E-state index in [9.17, 15) is 0 Å². The van der Waals surface area contributed by atoms with Crippen LogP contribution in [0.4, 0.5) is 0 Å². The average molecular weight is 491 g/mol. The van der Waals surface area contributed by atoms with Crippen LogP contribution in [0.3, 0.4) is 0 Å². The van der Waals surface area contributed by atoms with Crippen LogP contribution in [-0.4, -0.2) is 52.1 Å². The number of halogens is 1. The predicted octanol–water partition coefficient (Wildman–Crippen LogP) is 3.20. The number of benzene rings is 1. The van der Waals surface area contributed by atoms with Crippen molar-refractivity contribution in [3.05, 3.63) is 29.8 Å². The number of guanidine groups is 1. The molecule has 0 spiro atoms. The molecule has 1 heterocycles. The van der Waals surface area contributed by atoms with Crippen molar-refractivity contribution in [3.8, 4) is 5.75 Å². The van der Waals surface area contributed by atoms with Gasteiger partial charge in [0.25, 0.3) is 0 Å². The van der Waals surface area contributed by atoms with E-state index < -0.39 is 0 Å². The van der Waals surface area contributed by atoms with Crippen LogP contribution < -0.4 is 15.4 Å². The van der Waals surface area contributed by atoms with Crippen molar-refractivity contribution < 1.29 is 14.2 Å². The Balaban J connectivity index is 0.00000364. The highest BCUT2D eigenvalue weighted by Gasteiger charge is 2.15. The first kappa shape index (κ1) is 24.0. The summed E-state index contributed by atoms with van der Waals surface area (Å²) < 4.78 is 16.8. The van der Waals surface area contributed by atoms with Gasteiger partial charge >= 0.3 is 0 Å². The summed E-state index contributed by atoms with van der Waals surface area (Å²) in [6.07, 6.45) is 2.25. The Kier molecular flexibility index (Phi) is 12.4. The molecule has 2 N–H and O–H groups in total. The van der Waals surface area contributed by atoms with Gasteiger partial charge in [-0.15, -0.1) is 24.0 Å². The van der Waals surface area contributed by atoms with Crippen LogP contribution in [-0.2, 0) is 16.0 Å². The maximum absolute atomic E-state index is 5.73. The van der Waals surface area contributed by atoms with Crippen molar-refractivity contribution in [1.82, 2.24) is 10.6 Å². The topological polar surface area (TPSA) is 64.1 Å². The number of nitrogens with zero attached hydrogens (tertiary/aromatic N) is 1. The minimum atomic E-state index is 0. The van der Waals surface area contributed by atoms with Gasteiger partial charge in [-0.05, 0) is 44.4 Å². The van der Waals surface area contributed by atoms with Gasteiger partial charge < -0.3 is 24.8 Å². The average Bonchev–Trinajstić information content (AvgIpc) is 3.13. The largest absolute Gasteiger partial charge is 0.491 e. The molecule has 1 unspecified atom stereocenters. The second-order valence-corrected chi connectivity index (χ2v) is 6.82. The lowest BCUT2D eigenvalue weighted by Gasteiger charge is -2.14. The van der Waals surface area contributed by atoms with Crippen LogP contribution in [0.25, 0.3) is 0 Å². The molecule has 27 heavy (non-hydrogen) atoms. The summed E-state index contributed by atoms with van der Waals surface area (Å²) in [5, 5.41) is 6.65.